The van der Waals surface area contributed by atoms with Crippen molar-refractivity contribution in [3.8, 4) is 11.5 Å². The molecule has 4 heteroatoms. The molecule has 0 aliphatic carbocycles. The summed E-state index contributed by atoms with van der Waals surface area (Å²) in [6.45, 7) is 1.90. The van der Waals surface area contributed by atoms with Gasteiger partial charge in [-0.05, 0) is 29.7 Å². The summed E-state index contributed by atoms with van der Waals surface area (Å²) in [6.07, 6.45) is 1.20. The number of rotatable bonds is 3. The van der Waals surface area contributed by atoms with E-state index >= 15 is 0 Å². The van der Waals surface area contributed by atoms with Gasteiger partial charge in [0, 0.05) is 11.8 Å². The van der Waals surface area contributed by atoms with Crippen molar-refractivity contribution < 1.29 is 18.9 Å². The maximum atomic E-state index is 6.49. The third-order valence-electron chi connectivity index (χ3n) is 5.36. The summed E-state index contributed by atoms with van der Waals surface area (Å²) in [7, 11) is 0. The standard InChI is InChI=1S/C20H20O4/c1-2-4-14(5-3-1)20-16-11-21-10-15(16)18(24-20)8-13-6-7-17-19(9-13)23-12-22-17/h1-7,9,15-16,18,20H,8,10-12H2/t15-,16+,18-,20+/m1/s1. The Morgan fingerprint density at radius 2 is 1.71 bits per heavy atom. The monoisotopic (exact) mass is 324 g/mol. The topological polar surface area (TPSA) is 36.9 Å². The zero-order chi connectivity index (χ0) is 15.9. The highest BCUT2D eigenvalue weighted by atomic mass is 16.7. The van der Waals surface area contributed by atoms with Crippen LogP contribution in [0.4, 0.5) is 0 Å². The lowest BCUT2D eigenvalue weighted by atomic mass is 9.86. The van der Waals surface area contributed by atoms with Gasteiger partial charge < -0.3 is 18.9 Å². The Morgan fingerprint density at radius 1 is 0.875 bits per heavy atom. The molecule has 2 saturated heterocycles. The normalized spacial score (nSPS) is 30.5. The summed E-state index contributed by atoms with van der Waals surface area (Å²) in [5.74, 6) is 2.58. The van der Waals surface area contributed by atoms with Gasteiger partial charge in [-0.3, -0.25) is 0 Å². The highest BCUT2D eigenvalue weighted by molar-refractivity contribution is 5.44. The van der Waals surface area contributed by atoms with Crippen LogP contribution in [0.5, 0.6) is 11.5 Å². The van der Waals surface area contributed by atoms with E-state index in [1.54, 1.807) is 0 Å². The molecular weight excluding hydrogens is 304 g/mol. The second-order valence-electron chi connectivity index (χ2n) is 6.76. The average molecular weight is 324 g/mol. The van der Waals surface area contributed by atoms with Gasteiger partial charge >= 0.3 is 0 Å². The van der Waals surface area contributed by atoms with Crippen molar-refractivity contribution in [2.75, 3.05) is 20.0 Å². The van der Waals surface area contributed by atoms with Crippen molar-refractivity contribution in [1.29, 1.82) is 0 Å². The molecule has 3 aliphatic rings. The smallest absolute Gasteiger partial charge is 0.231 e. The summed E-state index contributed by atoms with van der Waals surface area (Å²) < 4.78 is 23.2. The molecule has 0 saturated carbocycles. The fraction of sp³-hybridized carbons (Fsp3) is 0.400. The minimum Gasteiger partial charge on any atom is -0.454 e. The van der Waals surface area contributed by atoms with Crippen LogP contribution >= 0.6 is 0 Å². The minimum atomic E-state index is 0.137. The van der Waals surface area contributed by atoms with Crippen molar-refractivity contribution in [3.63, 3.8) is 0 Å². The predicted molar refractivity (Wildman–Crippen MR) is 88.1 cm³/mol. The molecular formula is C20H20O4. The van der Waals surface area contributed by atoms with Gasteiger partial charge in [-0.25, -0.2) is 0 Å². The van der Waals surface area contributed by atoms with E-state index in [4.69, 9.17) is 18.9 Å². The Kier molecular flexibility index (Phi) is 3.46. The summed E-state index contributed by atoms with van der Waals surface area (Å²) >= 11 is 0. The number of ether oxygens (including phenoxy) is 4. The van der Waals surface area contributed by atoms with Gasteiger partial charge in [-0.1, -0.05) is 36.4 Å². The lowest BCUT2D eigenvalue weighted by Crippen LogP contribution is -2.22. The Labute approximate surface area is 141 Å². The third kappa shape index (κ3) is 2.38. The molecule has 0 spiro atoms. The van der Waals surface area contributed by atoms with Crippen molar-refractivity contribution in [2.45, 2.75) is 18.6 Å². The van der Waals surface area contributed by atoms with Crippen LogP contribution in [0.2, 0.25) is 0 Å². The Morgan fingerprint density at radius 3 is 2.62 bits per heavy atom. The summed E-state index contributed by atoms with van der Waals surface area (Å²) in [6, 6.07) is 16.7. The average Bonchev–Trinajstić information content (AvgIpc) is 3.32. The van der Waals surface area contributed by atoms with E-state index in [9.17, 15) is 0 Å². The predicted octanol–water partition coefficient (Wildman–Crippen LogP) is 3.36. The van der Waals surface area contributed by atoms with Crippen LogP contribution in [0, 0.1) is 11.8 Å². The van der Waals surface area contributed by atoms with Crippen LogP contribution in [0.3, 0.4) is 0 Å². The molecule has 4 atom stereocenters. The largest absolute Gasteiger partial charge is 0.454 e. The molecule has 0 unspecified atom stereocenters. The van der Waals surface area contributed by atoms with Crippen LogP contribution in [0.1, 0.15) is 17.2 Å². The number of hydrogen-bond donors (Lipinski definition) is 0. The molecule has 124 valence electrons. The van der Waals surface area contributed by atoms with Gasteiger partial charge in [-0.2, -0.15) is 0 Å². The Bertz CT molecular complexity index is 730. The second kappa shape index (κ2) is 5.80. The SMILES string of the molecule is c1ccc([C@@H]2O[C@H](Cc3ccc4c(c3)OCO4)[C@@H]3COC[C@@H]32)cc1. The molecule has 24 heavy (non-hydrogen) atoms. The maximum absolute atomic E-state index is 6.49. The summed E-state index contributed by atoms with van der Waals surface area (Å²) in [4.78, 5) is 0. The van der Waals surface area contributed by atoms with Crippen molar-refractivity contribution >= 4 is 0 Å². The molecule has 0 amide bonds. The van der Waals surface area contributed by atoms with E-state index in [1.807, 2.05) is 12.1 Å². The zero-order valence-electron chi connectivity index (χ0n) is 13.4. The van der Waals surface area contributed by atoms with Crippen LogP contribution in [0.15, 0.2) is 48.5 Å². The van der Waals surface area contributed by atoms with Gasteiger partial charge in [0.25, 0.3) is 0 Å². The van der Waals surface area contributed by atoms with Gasteiger partial charge in [0.1, 0.15) is 0 Å². The first-order valence-corrected chi connectivity index (χ1v) is 8.55. The van der Waals surface area contributed by atoms with Crippen LogP contribution in [-0.2, 0) is 15.9 Å². The first kappa shape index (κ1) is 14.3. The third-order valence-corrected chi connectivity index (χ3v) is 5.36. The lowest BCUT2D eigenvalue weighted by Gasteiger charge is -2.18. The molecule has 5 rings (SSSR count). The quantitative estimate of drug-likeness (QED) is 0.867. The van der Waals surface area contributed by atoms with E-state index in [0.717, 1.165) is 31.1 Å². The van der Waals surface area contributed by atoms with Crippen molar-refractivity contribution in [3.05, 3.63) is 59.7 Å². The molecule has 2 aromatic rings. The van der Waals surface area contributed by atoms with E-state index in [2.05, 4.69) is 36.4 Å². The van der Waals surface area contributed by atoms with Crippen molar-refractivity contribution in [2.24, 2.45) is 11.8 Å². The van der Waals surface area contributed by atoms with Gasteiger partial charge in [-0.15, -0.1) is 0 Å². The van der Waals surface area contributed by atoms with Gasteiger partial charge in [0.2, 0.25) is 6.79 Å². The summed E-state index contributed by atoms with van der Waals surface area (Å²) in [5.41, 5.74) is 2.48. The number of benzene rings is 2. The first-order valence-electron chi connectivity index (χ1n) is 8.55. The first-order chi connectivity index (χ1) is 11.9. The molecule has 2 fully saturated rings. The van der Waals surface area contributed by atoms with Crippen LogP contribution in [0.25, 0.3) is 0 Å². The fourth-order valence-electron chi connectivity index (χ4n) is 4.14. The van der Waals surface area contributed by atoms with E-state index in [-0.39, 0.29) is 12.2 Å². The van der Waals surface area contributed by atoms with Crippen LogP contribution < -0.4 is 9.47 Å². The van der Waals surface area contributed by atoms with E-state index in [1.165, 1.54) is 11.1 Å². The molecule has 2 aromatic carbocycles. The fourth-order valence-corrected chi connectivity index (χ4v) is 4.14. The number of fused-ring (bicyclic) bond motifs is 2. The van der Waals surface area contributed by atoms with Gasteiger partial charge in [0.05, 0.1) is 25.4 Å². The van der Waals surface area contributed by atoms with E-state index in [0.29, 0.717) is 18.6 Å². The zero-order valence-corrected chi connectivity index (χ0v) is 13.4. The Hall–Kier alpha value is -2.04. The van der Waals surface area contributed by atoms with Crippen molar-refractivity contribution in [1.82, 2.24) is 0 Å². The highest BCUT2D eigenvalue weighted by Crippen LogP contribution is 2.46. The second-order valence-corrected chi connectivity index (χ2v) is 6.76. The van der Waals surface area contributed by atoms with E-state index < -0.39 is 0 Å². The van der Waals surface area contributed by atoms with Gasteiger partial charge in [0.15, 0.2) is 11.5 Å². The van der Waals surface area contributed by atoms with Crippen LogP contribution in [-0.4, -0.2) is 26.1 Å². The maximum Gasteiger partial charge on any atom is 0.231 e. The molecule has 0 N–H and O–H groups in total. The number of hydrogen-bond acceptors (Lipinski definition) is 4. The molecule has 0 aromatic heterocycles. The molecule has 0 radical (unpaired) electrons. The minimum absolute atomic E-state index is 0.137. The Balaban J connectivity index is 1.38. The molecule has 3 aliphatic heterocycles. The highest BCUT2D eigenvalue weighted by Gasteiger charge is 2.48. The molecule has 3 heterocycles. The lowest BCUT2D eigenvalue weighted by molar-refractivity contribution is -0.00141. The molecule has 0 bridgehead atoms. The summed E-state index contributed by atoms with van der Waals surface area (Å²) in [5, 5.41) is 0. The molecule has 4 nitrogen and oxygen atoms in total.